The Morgan fingerprint density at radius 3 is 2.20 bits per heavy atom. The number of benzene rings is 1. The summed E-state index contributed by atoms with van der Waals surface area (Å²) < 4.78 is 16.5. The summed E-state index contributed by atoms with van der Waals surface area (Å²) in [6, 6.07) is 7.68. The third-order valence-electron chi connectivity index (χ3n) is 2.86. The van der Waals surface area contributed by atoms with Crippen molar-refractivity contribution in [3.8, 4) is 11.5 Å². The highest BCUT2D eigenvalue weighted by atomic mass is 16.5. The summed E-state index contributed by atoms with van der Waals surface area (Å²) in [5.74, 6) is 1.73. The fraction of sp³-hybridized carbons (Fsp3) is 0.625. The Morgan fingerprint density at radius 1 is 0.850 bits per heavy atom. The largest absolute Gasteiger partial charge is 0.494 e. The monoisotopic (exact) mass is 282 g/mol. The second-order valence-corrected chi connectivity index (χ2v) is 4.58. The molecule has 1 aromatic rings. The first kappa shape index (κ1) is 16.8. The van der Waals surface area contributed by atoms with Crippen LogP contribution in [-0.2, 0) is 4.74 Å². The highest BCUT2D eigenvalue weighted by Gasteiger charge is 1.96. The maximum Gasteiger partial charge on any atom is 0.119 e. The van der Waals surface area contributed by atoms with Crippen molar-refractivity contribution in [3.05, 3.63) is 24.3 Å². The first-order valence-corrected chi connectivity index (χ1v) is 7.62. The second kappa shape index (κ2) is 11.6. The summed E-state index contributed by atoms with van der Waals surface area (Å²) in [7, 11) is 0. The number of hydrogen-bond acceptors (Lipinski definition) is 3. The van der Waals surface area contributed by atoms with Gasteiger partial charge in [-0.05, 0) is 37.6 Å². The molecule has 0 fully saturated rings. The molecule has 114 valence electrons. The first-order chi connectivity index (χ1) is 9.86. The molecule has 0 saturated heterocycles. The SMILES string of the molecule is CCCC[NH2+]CCOCCOc1ccc(OCC)cc1. The molecule has 0 aliphatic carbocycles. The number of rotatable bonds is 12. The molecule has 0 spiro atoms. The summed E-state index contributed by atoms with van der Waals surface area (Å²) in [4.78, 5) is 0. The highest BCUT2D eigenvalue weighted by molar-refractivity contribution is 5.31. The van der Waals surface area contributed by atoms with E-state index < -0.39 is 0 Å². The maximum atomic E-state index is 5.59. The van der Waals surface area contributed by atoms with Gasteiger partial charge >= 0.3 is 0 Å². The van der Waals surface area contributed by atoms with Crippen LogP contribution in [0.15, 0.2) is 24.3 Å². The van der Waals surface area contributed by atoms with E-state index in [1.165, 1.54) is 19.4 Å². The van der Waals surface area contributed by atoms with Crippen molar-refractivity contribution in [1.82, 2.24) is 0 Å². The zero-order valence-corrected chi connectivity index (χ0v) is 12.8. The number of hydrogen-bond donors (Lipinski definition) is 1. The van der Waals surface area contributed by atoms with E-state index in [1.807, 2.05) is 31.2 Å². The standard InChI is InChI=1S/C16H27NO3/c1-3-5-10-17-11-12-18-13-14-20-16-8-6-15(7-9-16)19-4-2/h6-9,17H,3-5,10-14H2,1-2H3/p+1. The second-order valence-electron chi connectivity index (χ2n) is 4.58. The van der Waals surface area contributed by atoms with Gasteiger partial charge in [-0.15, -0.1) is 0 Å². The van der Waals surface area contributed by atoms with Crippen LogP contribution in [0.5, 0.6) is 11.5 Å². The van der Waals surface area contributed by atoms with E-state index >= 15 is 0 Å². The van der Waals surface area contributed by atoms with Gasteiger partial charge < -0.3 is 19.5 Å². The van der Waals surface area contributed by atoms with Gasteiger partial charge in [0.2, 0.25) is 0 Å². The zero-order chi connectivity index (χ0) is 14.5. The highest BCUT2D eigenvalue weighted by Crippen LogP contribution is 2.17. The van der Waals surface area contributed by atoms with Gasteiger partial charge in [0.25, 0.3) is 0 Å². The minimum atomic E-state index is 0.586. The Balaban J connectivity index is 1.98. The normalized spacial score (nSPS) is 10.5. The van der Waals surface area contributed by atoms with Crippen LogP contribution >= 0.6 is 0 Å². The van der Waals surface area contributed by atoms with Crippen molar-refractivity contribution in [3.63, 3.8) is 0 Å². The molecule has 0 aliphatic rings. The topological polar surface area (TPSA) is 44.3 Å². The van der Waals surface area contributed by atoms with Crippen molar-refractivity contribution < 1.29 is 19.5 Å². The van der Waals surface area contributed by atoms with Crippen molar-refractivity contribution >= 4 is 0 Å². The third kappa shape index (κ3) is 8.02. The molecule has 0 aromatic heterocycles. The Morgan fingerprint density at radius 2 is 1.55 bits per heavy atom. The van der Waals surface area contributed by atoms with E-state index in [2.05, 4.69) is 12.2 Å². The third-order valence-corrected chi connectivity index (χ3v) is 2.86. The molecule has 0 radical (unpaired) electrons. The smallest absolute Gasteiger partial charge is 0.119 e. The maximum absolute atomic E-state index is 5.59. The zero-order valence-electron chi connectivity index (χ0n) is 12.8. The van der Waals surface area contributed by atoms with E-state index in [0.29, 0.717) is 19.8 Å². The lowest BCUT2D eigenvalue weighted by atomic mass is 10.3. The minimum absolute atomic E-state index is 0.586. The van der Waals surface area contributed by atoms with Gasteiger partial charge in [0.05, 0.1) is 32.9 Å². The predicted octanol–water partition coefficient (Wildman–Crippen LogP) is 1.84. The molecular weight excluding hydrogens is 254 g/mol. The van der Waals surface area contributed by atoms with E-state index in [-0.39, 0.29) is 0 Å². The quantitative estimate of drug-likeness (QED) is 0.595. The number of nitrogens with two attached hydrogens (primary N) is 1. The minimum Gasteiger partial charge on any atom is -0.494 e. The molecule has 0 aliphatic heterocycles. The molecule has 1 aromatic carbocycles. The van der Waals surface area contributed by atoms with Gasteiger partial charge in [-0.2, -0.15) is 0 Å². The molecule has 20 heavy (non-hydrogen) atoms. The molecule has 0 bridgehead atoms. The van der Waals surface area contributed by atoms with Crippen molar-refractivity contribution in [2.75, 3.05) is 39.5 Å². The van der Waals surface area contributed by atoms with Crippen molar-refractivity contribution in [2.24, 2.45) is 0 Å². The van der Waals surface area contributed by atoms with Crippen LogP contribution in [0.25, 0.3) is 0 Å². The fourth-order valence-corrected chi connectivity index (χ4v) is 1.78. The molecule has 0 atom stereocenters. The Bertz CT molecular complexity index is 327. The van der Waals surface area contributed by atoms with Gasteiger partial charge in [-0.25, -0.2) is 0 Å². The molecule has 4 heteroatoms. The molecule has 0 heterocycles. The Kier molecular flexibility index (Phi) is 9.70. The van der Waals surface area contributed by atoms with Crippen molar-refractivity contribution in [1.29, 1.82) is 0 Å². The predicted molar refractivity (Wildman–Crippen MR) is 80.5 cm³/mol. The number of unbranched alkanes of at least 4 members (excludes halogenated alkanes) is 1. The number of ether oxygens (including phenoxy) is 3. The van der Waals surface area contributed by atoms with Crippen LogP contribution in [0.2, 0.25) is 0 Å². The molecule has 0 amide bonds. The van der Waals surface area contributed by atoms with E-state index in [9.17, 15) is 0 Å². The van der Waals surface area contributed by atoms with E-state index in [4.69, 9.17) is 14.2 Å². The number of quaternary nitrogens is 1. The van der Waals surface area contributed by atoms with Gasteiger partial charge in [0.15, 0.2) is 0 Å². The van der Waals surface area contributed by atoms with Gasteiger partial charge in [-0.3, -0.25) is 0 Å². The lowest BCUT2D eigenvalue weighted by molar-refractivity contribution is -0.656. The Labute approximate surface area is 122 Å². The lowest BCUT2D eigenvalue weighted by Gasteiger charge is -2.08. The van der Waals surface area contributed by atoms with Crippen molar-refractivity contribution in [2.45, 2.75) is 26.7 Å². The van der Waals surface area contributed by atoms with Crippen LogP contribution in [0, 0.1) is 0 Å². The van der Waals surface area contributed by atoms with Crippen LogP contribution in [0.1, 0.15) is 26.7 Å². The van der Waals surface area contributed by atoms with Crippen LogP contribution in [0.3, 0.4) is 0 Å². The Hall–Kier alpha value is -1.26. The summed E-state index contributed by atoms with van der Waals surface area (Å²) in [5.41, 5.74) is 0. The average molecular weight is 282 g/mol. The van der Waals surface area contributed by atoms with E-state index in [0.717, 1.165) is 24.7 Å². The summed E-state index contributed by atoms with van der Waals surface area (Å²) in [6.45, 7) is 9.10. The average Bonchev–Trinajstić information content (AvgIpc) is 2.47. The van der Waals surface area contributed by atoms with E-state index in [1.54, 1.807) is 0 Å². The van der Waals surface area contributed by atoms with Crippen LogP contribution in [-0.4, -0.2) is 39.5 Å². The summed E-state index contributed by atoms with van der Waals surface area (Å²) in [6.07, 6.45) is 2.54. The fourth-order valence-electron chi connectivity index (χ4n) is 1.78. The van der Waals surface area contributed by atoms with Gasteiger partial charge in [0.1, 0.15) is 18.1 Å². The van der Waals surface area contributed by atoms with Gasteiger partial charge in [0, 0.05) is 0 Å². The van der Waals surface area contributed by atoms with Crippen LogP contribution in [0.4, 0.5) is 0 Å². The summed E-state index contributed by atoms with van der Waals surface area (Å²) >= 11 is 0. The molecule has 0 saturated carbocycles. The summed E-state index contributed by atoms with van der Waals surface area (Å²) in [5, 5.41) is 2.30. The van der Waals surface area contributed by atoms with Crippen LogP contribution < -0.4 is 14.8 Å². The molecule has 2 N–H and O–H groups in total. The first-order valence-electron chi connectivity index (χ1n) is 7.62. The molecule has 0 unspecified atom stereocenters. The molecular formula is C16H28NO3+. The molecule has 4 nitrogen and oxygen atoms in total. The molecule has 1 rings (SSSR count). The lowest BCUT2D eigenvalue weighted by Crippen LogP contribution is -2.85. The van der Waals surface area contributed by atoms with Gasteiger partial charge in [-0.1, -0.05) is 13.3 Å².